The Kier molecular flexibility index (Phi) is 5.75. The Balaban J connectivity index is 1.84. The lowest BCUT2D eigenvalue weighted by molar-refractivity contribution is 0.0929. The topological polar surface area (TPSA) is 75.1 Å². The number of aliphatic hydroxyl groups is 1. The lowest BCUT2D eigenvalue weighted by Crippen LogP contribution is -2.25. The van der Waals surface area contributed by atoms with E-state index >= 15 is 0 Å². The number of carbonyl (C=O) groups excluding carboxylic acids is 1. The summed E-state index contributed by atoms with van der Waals surface area (Å²) in [6.45, 7) is 4.02. The van der Waals surface area contributed by atoms with E-state index in [0.29, 0.717) is 14.9 Å². The number of nitrogens with zero attached hydrogens (tertiary/aromatic N) is 2. The van der Waals surface area contributed by atoms with Crippen molar-refractivity contribution >= 4 is 28.6 Å². The van der Waals surface area contributed by atoms with Crippen LogP contribution < -0.4 is 5.32 Å². The van der Waals surface area contributed by atoms with Crippen LogP contribution in [-0.2, 0) is 6.54 Å². The number of thiazole rings is 2. The molecular formula is C18H18FN3O2S2. The number of halogens is 1. The Hall–Kier alpha value is -2.16. The number of amides is 1. The predicted octanol–water partition coefficient (Wildman–Crippen LogP) is 4.03. The smallest absolute Gasteiger partial charge is 0.271 e. The van der Waals surface area contributed by atoms with Crippen molar-refractivity contribution in [1.82, 2.24) is 15.3 Å². The fourth-order valence-corrected chi connectivity index (χ4v) is 4.19. The number of hydrogen-bond donors (Lipinski definition) is 2. The molecule has 0 aliphatic rings. The zero-order chi connectivity index (χ0) is 18.7. The van der Waals surface area contributed by atoms with Crippen molar-refractivity contribution in [3.8, 4) is 10.0 Å². The highest BCUT2D eigenvalue weighted by Crippen LogP contribution is 2.35. The molecule has 0 radical (unpaired) electrons. The second-order valence-corrected chi connectivity index (χ2v) is 7.99. The quantitative estimate of drug-likeness (QED) is 0.665. The Morgan fingerprint density at radius 2 is 2.00 bits per heavy atom. The first kappa shape index (κ1) is 18.6. The van der Waals surface area contributed by atoms with Gasteiger partial charge in [0.15, 0.2) is 10.0 Å². The van der Waals surface area contributed by atoms with Gasteiger partial charge in [-0.15, -0.1) is 22.7 Å². The molecule has 0 spiro atoms. The molecule has 1 amide bonds. The van der Waals surface area contributed by atoms with Gasteiger partial charge in [0.2, 0.25) is 0 Å². The zero-order valence-electron chi connectivity index (χ0n) is 14.3. The van der Waals surface area contributed by atoms with E-state index in [4.69, 9.17) is 0 Å². The van der Waals surface area contributed by atoms with Crippen LogP contribution in [0.5, 0.6) is 0 Å². The minimum atomic E-state index is -0.784. The maximum atomic E-state index is 13.0. The van der Waals surface area contributed by atoms with Crippen molar-refractivity contribution in [2.75, 3.05) is 0 Å². The van der Waals surface area contributed by atoms with Gasteiger partial charge in [0.1, 0.15) is 11.5 Å². The van der Waals surface area contributed by atoms with E-state index < -0.39 is 6.10 Å². The van der Waals surface area contributed by atoms with Gasteiger partial charge in [-0.1, -0.05) is 26.0 Å². The van der Waals surface area contributed by atoms with Gasteiger partial charge >= 0.3 is 0 Å². The average Bonchev–Trinajstić information content (AvgIpc) is 3.29. The molecule has 136 valence electrons. The van der Waals surface area contributed by atoms with E-state index in [1.165, 1.54) is 34.8 Å². The fraction of sp³-hybridized carbons (Fsp3) is 0.278. The molecule has 2 aromatic heterocycles. The molecule has 2 N–H and O–H groups in total. The molecule has 0 fully saturated rings. The maximum Gasteiger partial charge on any atom is 0.271 e. The van der Waals surface area contributed by atoms with Gasteiger partial charge in [-0.3, -0.25) is 4.79 Å². The van der Waals surface area contributed by atoms with Crippen molar-refractivity contribution in [1.29, 1.82) is 0 Å². The summed E-state index contributed by atoms with van der Waals surface area (Å²) in [5.41, 5.74) is 0.990. The molecule has 0 bridgehead atoms. The SMILES string of the molecule is CC(C)C(O)c1sc(-c2nccs2)nc1C(=O)NCc1ccc(F)cc1. The van der Waals surface area contributed by atoms with Crippen LogP contribution in [0, 0.1) is 11.7 Å². The standard InChI is InChI=1S/C18H18FN3O2S2/c1-10(2)14(23)15-13(22-18(26-15)17-20-7-8-25-17)16(24)21-9-11-3-5-12(19)6-4-11/h3-8,10,14,23H,9H2,1-2H3,(H,21,24). The molecule has 0 saturated carbocycles. The van der Waals surface area contributed by atoms with Crippen molar-refractivity contribution in [3.63, 3.8) is 0 Å². The number of carbonyl (C=O) groups is 1. The van der Waals surface area contributed by atoms with Gasteiger partial charge in [0.05, 0.1) is 11.0 Å². The van der Waals surface area contributed by atoms with Crippen molar-refractivity contribution < 1.29 is 14.3 Å². The number of hydrogen-bond acceptors (Lipinski definition) is 6. The third-order valence-corrected chi connectivity index (χ3v) is 5.79. The van der Waals surface area contributed by atoms with Gasteiger partial charge in [-0.2, -0.15) is 0 Å². The molecule has 5 nitrogen and oxygen atoms in total. The number of aromatic nitrogens is 2. The normalized spacial score (nSPS) is 12.3. The number of benzene rings is 1. The van der Waals surface area contributed by atoms with Gasteiger partial charge in [-0.25, -0.2) is 14.4 Å². The third kappa shape index (κ3) is 4.14. The van der Waals surface area contributed by atoms with Gasteiger partial charge in [0, 0.05) is 18.1 Å². The fourth-order valence-electron chi connectivity index (χ4n) is 2.29. The van der Waals surface area contributed by atoms with E-state index in [1.807, 2.05) is 19.2 Å². The highest BCUT2D eigenvalue weighted by Gasteiger charge is 2.26. The molecule has 3 rings (SSSR count). The Morgan fingerprint density at radius 3 is 2.62 bits per heavy atom. The van der Waals surface area contributed by atoms with Crippen molar-refractivity contribution in [3.05, 3.63) is 57.8 Å². The molecule has 1 unspecified atom stereocenters. The Labute approximate surface area is 158 Å². The summed E-state index contributed by atoms with van der Waals surface area (Å²) in [6.07, 6.45) is 0.890. The molecule has 8 heteroatoms. The summed E-state index contributed by atoms with van der Waals surface area (Å²) in [4.78, 5) is 21.8. The van der Waals surface area contributed by atoms with Gasteiger partial charge < -0.3 is 10.4 Å². The van der Waals surface area contributed by atoms with E-state index in [9.17, 15) is 14.3 Å². The molecular weight excluding hydrogens is 373 g/mol. The lowest BCUT2D eigenvalue weighted by atomic mass is 10.0. The third-order valence-electron chi connectivity index (χ3n) is 3.75. The van der Waals surface area contributed by atoms with Crippen LogP contribution in [0.1, 0.15) is 40.9 Å². The van der Waals surface area contributed by atoms with Crippen LogP contribution in [-0.4, -0.2) is 21.0 Å². The minimum Gasteiger partial charge on any atom is -0.387 e. The highest BCUT2D eigenvalue weighted by molar-refractivity contribution is 7.20. The summed E-state index contributed by atoms with van der Waals surface area (Å²) < 4.78 is 13.0. The summed E-state index contributed by atoms with van der Waals surface area (Å²) in [5.74, 6) is -0.749. The van der Waals surface area contributed by atoms with Crippen LogP contribution in [0.2, 0.25) is 0 Å². The van der Waals surface area contributed by atoms with Crippen LogP contribution in [0.15, 0.2) is 35.8 Å². The van der Waals surface area contributed by atoms with Crippen molar-refractivity contribution in [2.45, 2.75) is 26.5 Å². The Morgan fingerprint density at radius 1 is 1.27 bits per heavy atom. The minimum absolute atomic E-state index is 0.0526. The van der Waals surface area contributed by atoms with Crippen LogP contribution >= 0.6 is 22.7 Å². The second-order valence-electron chi connectivity index (χ2n) is 6.07. The maximum absolute atomic E-state index is 13.0. The monoisotopic (exact) mass is 391 g/mol. The largest absolute Gasteiger partial charge is 0.387 e. The number of rotatable bonds is 6. The predicted molar refractivity (Wildman–Crippen MR) is 101 cm³/mol. The molecule has 1 aromatic carbocycles. The highest BCUT2D eigenvalue weighted by atomic mass is 32.1. The first-order valence-electron chi connectivity index (χ1n) is 8.07. The molecule has 2 heterocycles. The van der Waals surface area contributed by atoms with E-state index in [0.717, 1.165) is 5.56 Å². The second kappa shape index (κ2) is 8.03. The number of nitrogens with one attached hydrogen (secondary N) is 1. The molecule has 26 heavy (non-hydrogen) atoms. The molecule has 0 saturated heterocycles. The molecule has 1 atom stereocenters. The average molecular weight is 391 g/mol. The zero-order valence-corrected chi connectivity index (χ0v) is 15.9. The number of aliphatic hydroxyl groups excluding tert-OH is 1. The lowest BCUT2D eigenvalue weighted by Gasteiger charge is -2.13. The van der Waals surface area contributed by atoms with Crippen LogP contribution in [0.3, 0.4) is 0 Å². The molecule has 0 aliphatic heterocycles. The first-order valence-corrected chi connectivity index (χ1v) is 9.76. The van der Waals surface area contributed by atoms with Gasteiger partial charge in [-0.05, 0) is 23.6 Å². The first-order chi connectivity index (χ1) is 12.5. The summed E-state index contributed by atoms with van der Waals surface area (Å²) in [5, 5.41) is 16.4. The van der Waals surface area contributed by atoms with E-state index in [2.05, 4.69) is 15.3 Å². The molecule has 0 aliphatic carbocycles. The van der Waals surface area contributed by atoms with E-state index in [1.54, 1.807) is 18.3 Å². The van der Waals surface area contributed by atoms with Crippen molar-refractivity contribution in [2.24, 2.45) is 5.92 Å². The summed E-state index contributed by atoms with van der Waals surface area (Å²) in [6, 6.07) is 5.92. The van der Waals surface area contributed by atoms with Gasteiger partial charge in [0.25, 0.3) is 5.91 Å². The summed E-state index contributed by atoms with van der Waals surface area (Å²) in [7, 11) is 0. The van der Waals surface area contributed by atoms with E-state index in [-0.39, 0.29) is 29.9 Å². The van der Waals surface area contributed by atoms with Crippen LogP contribution in [0.4, 0.5) is 4.39 Å². The Bertz CT molecular complexity index is 876. The molecule has 3 aromatic rings. The summed E-state index contributed by atoms with van der Waals surface area (Å²) >= 11 is 2.71. The van der Waals surface area contributed by atoms with Crippen LogP contribution in [0.25, 0.3) is 10.0 Å².